The van der Waals surface area contributed by atoms with Gasteiger partial charge >= 0.3 is 23.2 Å². The molecule has 3 aromatic heterocycles. The highest BCUT2D eigenvalue weighted by Crippen LogP contribution is 2.28. The van der Waals surface area contributed by atoms with Crippen molar-refractivity contribution in [2.24, 2.45) is 0 Å². The Labute approximate surface area is 217 Å². The van der Waals surface area contributed by atoms with Crippen LogP contribution in [0.1, 0.15) is 38.3 Å². The summed E-state index contributed by atoms with van der Waals surface area (Å²) in [6.45, 7) is -0.250. The van der Waals surface area contributed by atoms with Crippen molar-refractivity contribution in [2.45, 2.75) is 6.61 Å². The fourth-order valence-electron chi connectivity index (χ4n) is 3.19. The fourth-order valence-corrected chi connectivity index (χ4v) is 3.38. The number of carbonyl (C=O) groups excluding carboxylic acids is 2. The predicted octanol–water partition coefficient (Wildman–Crippen LogP) is 4.20. The Balaban J connectivity index is 1.48. The minimum atomic E-state index is -1.11. The number of benzene rings is 1. The Morgan fingerprint density at radius 1 is 1.16 bits per heavy atom. The maximum atomic E-state index is 12.6. The van der Waals surface area contributed by atoms with Gasteiger partial charge in [0.1, 0.15) is 29.7 Å². The highest BCUT2D eigenvalue weighted by molar-refractivity contribution is 6.33. The van der Waals surface area contributed by atoms with Gasteiger partial charge in [-0.3, -0.25) is 14.9 Å². The van der Waals surface area contributed by atoms with Crippen LogP contribution in [-0.2, 0) is 16.1 Å². The van der Waals surface area contributed by atoms with E-state index in [1.165, 1.54) is 43.5 Å². The molecule has 0 saturated heterocycles. The molecule has 1 aromatic carbocycles. The molecule has 194 valence electrons. The molecule has 14 heteroatoms. The van der Waals surface area contributed by atoms with Gasteiger partial charge < -0.3 is 28.4 Å². The number of carbonyl (C=O) groups is 2. The summed E-state index contributed by atoms with van der Waals surface area (Å²) in [4.78, 5) is 51.3. The van der Waals surface area contributed by atoms with Crippen LogP contribution in [0.3, 0.4) is 0 Å². The Kier molecular flexibility index (Phi) is 7.39. The first-order valence-electron chi connectivity index (χ1n) is 10.6. The number of nitro groups is 1. The molecule has 13 nitrogen and oxygen atoms in total. The smallest absolute Gasteiger partial charge is 0.395 e. The summed E-state index contributed by atoms with van der Waals surface area (Å²) in [5.41, 5.74) is -1.62. The van der Waals surface area contributed by atoms with E-state index < -0.39 is 34.0 Å². The molecule has 0 amide bonds. The lowest BCUT2D eigenvalue weighted by molar-refractivity contribution is -0.387. The van der Waals surface area contributed by atoms with Crippen molar-refractivity contribution in [2.75, 3.05) is 7.11 Å². The minimum absolute atomic E-state index is 0.0335. The Bertz CT molecular complexity index is 1630. The van der Waals surface area contributed by atoms with Crippen molar-refractivity contribution in [3.63, 3.8) is 0 Å². The number of hydrogen-bond donors (Lipinski definition) is 2. The van der Waals surface area contributed by atoms with Crippen LogP contribution < -0.4 is 5.56 Å². The Hall–Kier alpha value is -5.17. The van der Waals surface area contributed by atoms with Crippen LogP contribution in [0, 0.1) is 10.1 Å². The molecule has 2 N–H and O–H groups in total. The van der Waals surface area contributed by atoms with E-state index in [1.807, 2.05) is 0 Å². The number of H-pyrrole nitrogens is 1. The highest BCUT2D eigenvalue weighted by Gasteiger charge is 2.21. The van der Waals surface area contributed by atoms with Crippen molar-refractivity contribution >= 4 is 41.4 Å². The number of aromatic nitrogens is 2. The van der Waals surface area contributed by atoms with E-state index in [0.29, 0.717) is 17.1 Å². The van der Waals surface area contributed by atoms with Gasteiger partial charge in [0.15, 0.2) is 0 Å². The zero-order chi connectivity index (χ0) is 27.4. The number of nitrogens with zero attached hydrogens (tertiary/aromatic N) is 2. The molecule has 3 heterocycles. The number of aromatic hydroxyl groups is 1. The first-order valence-corrected chi connectivity index (χ1v) is 10.9. The van der Waals surface area contributed by atoms with E-state index in [4.69, 9.17) is 25.2 Å². The van der Waals surface area contributed by atoms with Crippen LogP contribution >= 0.6 is 11.6 Å². The lowest BCUT2D eigenvalue weighted by Crippen LogP contribution is -2.14. The normalized spacial score (nSPS) is 11.0. The number of esters is 2. The van der Waals surface area contributed by atoms with Crippen LogP contribution in [0.4, 0.5) is 5.69 Å². The second-order valence-electron chi connectivity index (χ2n) is 7.44. The Morgan fingerprint density at radius 3 is 2.66 bits per heavy atom. The molecule has 4 rings (SSSR count). The molecule has 0 bridgehead atoms. The highest BCUT2D eigenvalue weighted by atomic mass is 35.5. The summed E-state index contributed by atoms with van der Waals surface area (Å²) in [5, 5.41) is 20.5. The topological polar surface area (TPSA) is 188 Å². The van der Waals surface area contributed by atoms with Crippen LogP contribution in [0.5, 0.6) is 5.88 Å². The summed E-state index contributed by atoms with van der Waals surface area (Å²) in [5.74, 6) is -1.71. The zero-order valence-corrected chi connectivity index (χ0v) is 20.1. The predicted molar refractivity (Wildman–Crippen MR) is 130 cm³/mol. The van der Waals surface area contributed by atoms with E-state index in [0.717, 1.165) is 0 Å². The van der Waals surface area contributed by atoms with E-state index >= 15 is 0 Å². The molecule has 4 aromatic rings. The van der Waals surface area contributed by atoms with Gasteiger partial charge in [0.25, 0.3) is 5.88 Å². The third kappa shape index (κ3) is 5.63. The number of methoxy groups -OCH3 is 1. The lowest BCUT2D eigenvalue weighted by Gasteiger charge is -2.07. The maximum Gasteiger partial charge on any atom is 0.395 e. The monoisotopic (exact) mass is 541 g/mol. The van der Waals surface area contributed by atoms with Crippen LogP contribution in [-0.4, -0.2) is 39.0 Å². The van der Waals surface area contributed by atoms with E-state index in [-0.39, 0.29) is 34.5 Å². The van der Waals surface area contributed by atoms with Gasteiger partial charge in [0, 0.05) is 5.56 Å². The lowest BCUT2D eigenvalue weighted by atomic mass is 10.1. The first-order chi connectivity index (χ1) is 18.2. The summed E-state index contributed by atoms with van der Waals surface area (Å²) in [6.07, 6.45) is 2.68. The number of ether oxygens (including phenoxy) is 2. The number of nitrogens with one attached hydrogen (secondary N) is 1. The van der Waals surface area contributed by atoms with Gasteiger partial charge in [-0.15, -0.1) is 0 Å². The number of hydrogen-bond acceptors (Lipinski definition) is 11. The quantitative estimate of drug-likeness (QED) is 0.185. The SMILES string of the molecule is COC(=O)c1ccc(COC(=O)c2cc(-c3ccc(C=Cc4nc(O)c([N+](=O)[O-])c(=O)[nH]4)o3)ccc2Cl)o1. The number of aromatic amines is 1. The second kappa shape index (κ2) is 10.8. The molecule has 0 unspecified atom stereocenters. The molecule has 0 saturated carbocycles. The Morgan fingerprint density at radius 2 is 1.95 bits per heavy atom. The van der Waals surface area contributed by atoms with Crippen molar-refractivity contribution in [1.82, 2.24) is 9.97 Å². The maximum absolute atomic E-state index is 12.6. The van der Waals surface area contributed by atoms with Gasteiger partial charge in [-0.25, -0.2) is 9.59 Å². The number of furan rings is 2. The average Bonchev–Trinajstić information content (AvgIpc) is 3.55. The summed E-state index contributed by atoms with van der Waals surface area (Å²) in [7, 11) is 1.21. The third-order valence-electron chi connectivity index (χ3n) is 4.97. The van der Waals surface area contributed by atoms with Crippen LogP contribution in [0.2, 0.25) is 5.02 Å². The van der Waals surface area contributed by atoms with Gasteiger partial charge in [-0.2, -0.15) is 4.98 Å². The second-order valence-corrected chi connectivity index (χ2v) is 7.85. The largest absolute Gasteiger partial charge is 0.488 e. The molecule has 0 aliphatic heterocycles. The van der Waals surface area contributed by atoms with Gasteiger partial charge in [-0.05, 0) is 54.6 Å². The van der Waals surface area contributed by atoms with E-state index in [1.54, 1.807) is 18.2 Å². The molecule has 38 heavy (non-hydrogen) atoms. The van der Waals surface area contributed by atoms with Crippen molar-refractivity contribution in [1.29, 1.82) is 0 Å². The van der Waals surface area contributed by atoms with Crippen molar-refractivity contribution < 1.29 is 37.9 Å². The molecule has 0 atom stereocenters. The van der Waals surface area contributed by atoms with E-state index in [2.05, 4.69) is 14.7 Å². The molecule has 0 fully saturated rings. The summed E-state index contributed by atoms with van der Waals surface area (Å²) >= 11 is 6.18. The summed E-state index contributed by atoms with van der Waals surface area (Å²) < 4.78 is 20.8. The van der Waals surface area contributed by atoms with Crippen molar-refractivity contribution in [3.05, 3.63) is 96.6 Å². The minimum Gasteiger partial charge on any atom is -0.488 e. The number of halogens is 1. The molecule has 0 radical (unpaired) electrons. The third-order valence-corrected chi connectivity index (χ3v) is 5.30. The molecule has 0 aliphatic rings. The van der Waals surface area contributed by atoms with Gasteiger partial charge in [-0.1, -0.05) is 11.6 Å². The molecule has 0 aliphatic carbocycles. The fraction of sp³-hybridized carbons (Fsp3) is 0.0833. The number of rotatable bonds is 8. The van der Waals surface area contributed by atoms with Crippen LogP contribution in [0.15, 0.2) is 56.1 Å². The van der Waals surface area contributed by atoms with E-state index in [9.17, 15) is 29.6 Å². The average molecular weight is 542 g/mol. The zero-order valence-electron chi connectivity index (χ0n) is 19.3. The van der Waals surface area contributed by atoms with Crippen LogP contribution in [0.25, 0.3) is 23.5 Å². The van der Waals surface area contributed by atoms with Crippen molar-refractivity contribution in [3.8, 4) is 17.2 Å². The first kappa shape index (κ1) is 25.9. The molecule has 0 spiro atoms. The van der Waals surface area contributed by atoms with Gasteiger partial charge in [0.2, 0.25) is 5.76 Å². The molecular weight excluding hydrogens is 526 g/mol. The standard InChI is InChI=1S/C24H16ClN3O10/c1-35-24(32)18-8-4-14(38-18)11-36-23(31)15-10-12(2-6-16(15)25)17-7-3-13(37-17)5-9-19-26-21(29)20(28(33)34)22(30)27-19/h2-10H,11H2,1H3,(H2,26,27,29,30). The molecular formula is C24H16ClN3O10. The van der Waals surface area contributed by atoms with Gasteiger partial charge in [0.05, 0.1) is 22.6 Å². The summed E-state index contributed by atoms with van der Waals surface area (Å²) in [6, 6.07) is 10.6.